The maximum Gasteiger partial charge on any atom is 0.0993 e. The van der Waals surface area contributed by atoms with Gasteiger partial charge in [-0.1, -0.05) is 178 Å². The molecule has 4 heteroatoms. The third-order valence-corrected chi connectivity index (χ3v) is 14.7. The summed E-state index contributed by atoms with van der Waals surface area (Å²) < 4.78 is 4.77. The van der Waals surface area contributed by atoms with Gasteiger partial charge in [0.05, 0.1) is 56.7 Å². The van der Waals surface area contributed by atoms with E-state index in [0.29, 0.717) is 11.1 Å². The van der Waals surface area contributed by atoms with Gasteiger partial charge < -0.3 is 9.13 Å². The first kappa shape index (κ1) is 45.9. The second-order valence-electron chi connectivity index (χ2n) is 20.8. The molecule has 0 bridgehead atoms. The molecule has 0 atom stereocenters. The van der Waals surface area contributed by atoms with Crippen molar-refractivity contribution in [1.82, 2.24) is 9.13 Å². The Morgan fingerprint density at radius 2 is 0.568 bits per heavy atom. The van der Waals surface area contributed by atoms with Crippen LogP contribution in [0.2, 0.25) is 0 Å². The molecule has 0 aliphatic heterocycles. The molecule has 0 aliphatic rings. The van der Waals surface area contributed by atoms with Crippen LogP contribution in [0.1, 0.15) is 55.6 Å². The van der Waals surface area contributed by atoms with Crippen molar-refractivity contribution in [3.05, 3.63) is 238 Å². The predicted octanol–water partition coefficient (Wildman–Crippen LogP) is 18.4. The minimum absolute atomic E-state index is 0.520. The maximum atomic E-state index is 11.3. The number of hydrogen-bond donors (Lipinski definition) is 0. The first-order valence-electron chi connectivity index (χ1n) is 25.4. The molecule has 0 saturated carbocycles. The van der Waals surface area contributed by atoms with Gasteiger partial charge in [-0.3, -0.25) is 0 Å². The van der Waals surface area contributed by atoms with E-state index in [-0.39, 0.29) is 0 Å². The quantitative estimate of drug-likeness (QED) is 0.160. The topological polar surface area (TPSA) is 57.4 Å². The van der Waals surface area contributed by atoms with Crippen LogP contribution in [0.25, 0.3) is 111 Å². The third-order valence-electron chi connectivity index (χ3n) is 14.7. The number of nitriles is 2. The van der Waals surface area contributed by atoms with E-state index in [1.54, 1.807) is 0 Å². The second-order valence-corrected chi connectivity index (χ2v) is 20.8. The monoisotopic (exact) mass is 950 g/mol. The molecule has 0 amide bonds. The lowest BCUT2D eigenvalue weighted by molar-refractivity contribution is 1.13. The van der Waals surface area contributed by atoms with Crippen LogP contribution < -0.4 is 0 Å². The average Bonchev–Trinajstić information content (AvgIpc) is 3.89. The van der Waals surface area contributed by atoms with E-state index in [1.807, 2.05) is 18.2 Å². The van der Waals surface area contributed by atoms with Crippen molar-refractivity contribution >= 4 is 43.6 Å². The first-order valence-corrected chi connectivity index (χ1v) is 25.4. The zero-order valence-electron chi connectivity index (χ0n) is 43.1. The second kappa shape index (κ2) is 17.8. The fourth-order valence-corrected chi connectivity index (χ4v) is 11.9. The molecule has 0 unspecified atom stereocenters. The molecule has 354 valence electrons. The van der Waals surface area contributed by atoms with E-state index in [2.05, 4.69) is 240 Å². The highest BCUT2D eigenvalue weighted by atomic mass is 15.0. The van der Waals surface area contributed by atoms with Gasteiger partial charge >= 0.3 is 0 Å². The number of aromatic nitrogens is 2. The molecule has 2 aromatic heterocycles. The fourth-order valence-electron chi connectivity index (χ4n) is 11.9. The van der Waals surface area contributed by atoms with Crippen molar-refractivity contribution in [2.45, 2.75) is 55.4 Å². The van der Waals surface area contributed by atoms with Crippen molar-refractivity contribution < 1.29 is 0 Å². The largest absolute Gasteiger partial charge is 0.308 e. The lowest BCUT2D eigenvalue weighted by atomic mass is 9.96. The molecule has 0 radical (unpaired) electrons. The fraction of sp³-hybridized carbons (Fsp3) is 0.114. The third kappa shape index (κ3) is 8.03. The van der Waals surface area contributed by atoms with Gasteiger partial charge in [0, 0.05) is 27.1 Å². The van der Waals surface area contributed by atoms with Crippen molar-refractivity contribution in [2.24, 2.45) is 0 Å². The Bertz CT molecular complexity index is 3880. The molecule has 0 fully saturated rings. The normalized spacial score (nSPS) is 11.5. The summed E-state index contributed by atoms with van der Waals surface area (Å²) in [7, 11) is 0. The molecular weight excluding hydrogens is 897 g/mol. The van der Waals surface area contributed by atoms with Gasteiger partial charge in [-0.15, -0.1) is 0 Å². The number of fused-ring (bicyclic) bond motifs is 6. The Labute approximate surface area is 433 Å². The lowest BCUT2D eigenvalue weighted by Crippen LogP contribution is -2.05. The summed E-state index contributed by atoms with van der Waals surface area (Å²) >= 11 is 0. The number of nitrogens with zero attached hydrogens (tertiary/aromatic N) is 4. The van der Waals surface area contributed by atoms with E-state index >= 15 is 0 Å². The summed E-state index contributed by atoms with van der Waals surface area (Å²) in [4.78, 5) is 0. The SMILES string of the molecule is Cc1cc(C)cc(-c2ccc3c4ccc(-c5cc(C)cc(C)c5)cc4n(-c4cc(C#N)cc(-n5c6cc(-c7cc(C)cc(C)c7)ccc6c6ccc(-c7cc(C)cc(C)c7)cc65)c4-c4cccc(C#N)c4)c3c2)c1. The van der Waals surface area contributed by atoms with Gasteiger partial charge in [0.2, 0.25) is 0 Å². The van der Waals surface area contributed by atoms with Gasteiger partial charge in [0.25, 0.3) is 0 Å². The van der Waals surface area contributed by atoms with Crippen LogP contribution in [0.4, 0.5) is 0 Å². The van der Waals surface area contributed by atoms with Crippen LogP contribution >= 0.6 is 0 Å². The average molecular weight is 951 g/mol. The molecule has 0 saturated heterocycles. The summed E-state index contributed by atoms with van der Waals surface area (Å²) in [5.74, 6) is 0. The Hall–Kier alpha value is -9.22. The Morgan fingerprint density at radius 1 is 0.270 bits per heavy atom. The van der Waals surface area contributed by atoms with Crippen molar-refractivity contribution in [1.29, 1.82) is 10.5 Å². The molecule has 0 N–H and O–H groups in total. The van der Waals surface area contributed by atoms with Crippen LogP contribution in [-0.4, -0.2) is 9.13 Å². The molecule has 12 aromatic rings. The molecule has 74 heavy (non-hydrogen) atoms. The highest BCUT2D eigenvalue weighted by Gasteiger charge is 2.25. The van der Waals surface area contributed by atoms with Crippen molar-refractivity contribution in [2.75, 3.05) is 0 Å². The number of rotatable bonds is 7. The molecule has 2 heterocycles. The zero-order valence-corrected chi connectivity index (χ0v) is 43.1. The summed E-state index contributed by atoms with van der Waals surface area (Å²) in [5.41, 5.74) is 27.3. The summed E-state index contributed by atoms with van der Waals surface area (Å²) in [6, 6.07) is 71.4. The standard InChI is InChI=1S/C70H54N4/c1-41-20-42(2)25-56(24-41)51-12-16-60-61-17-13-52(57-26-43(3)21-44(4)27-57)36-65(61)73(64(60)35-51)68-33-50(40-72)34-69(70(68)55-11-9-10-49(32-55)39-71)74-66-37-53(58-28-45(5)22-46(6)29-58)14-18-62(66)63-19-15-54(38-67(63)74)59-30-47(7)23-48(8)31-59/h9-38H,1-8H3. The maximum absolute atomic E-state index is 11.3. The van der Waals surface area contributed by atoms with Gasteiger partial charge in [0.15, 0.2) is 0 Å². The van der Waals surface area contributed by atoms with Crippen molar-refractivity contribution in [3.8, 4) is 79.1 Å². The van der Waals surface area contributed by atoms with Gasteiger partial charge in [-0.25, -0.2) is 0 Å². The molecule has 0 aliphatic carbocycles. The van der Waals surface area contributed by atoms with Gasteiger partial charge in [-0.05, 0) is 154 Å². The molecule has 0 spiro atoms. The van der Waals surface area contributed by atoms with Crippen LogP contribution in [0.15, 0.2) is 182 Å². The minimum atomic E-state index is 0.520. The molecule has 4 nitrogen and oxygen atoms in total. The summed E-state index contributed by atoms with van der Waals surface area (Å²) in [6.45, 7) is 17.2. The number of hydrogen-bond acceptors (Lipinski definition) is 2. The smallest absolute Gasteiger partial charge is 0.0993 e. The predicted molar refractivity (Wildman–Crippen MR) is 310 cm³/mol. The lowest BCUT2D eigenvalue weighted by Gasteiger charge is -2.21. The van der Waals surface area contributed by atoms with Crippen molar-refractivity contribution in [3.63, 3.8) is 0 Å². The van der Waals surface area contributed by atoms with E-state index < -0.39 is 0 Å². The number of aryl methyl sites for hydroxylation is 8. The molecule has 10 aromatic carbocycles. The minimum Gasteiger partial charge on any atom is -0.308 e. The van der Waals surface area contributed by atoms with Crippen LogP contribution in [0.3, 0.4) is 0 Å². The zero-order chi connectivity index (χ0) is 51.1. The van der Waals surface area contributed by atoms with E-state index in [1.165, 1.54) is 44.5 Å². The van der Waals surface area contributed by atoms with Crippen LogP contribution in [0.5, 0.6) is 0 Å². The summed E-state index contributed by atoms with van der Waals surface area (Å²) in [6.07, 6.45) is 0. The molecular formula is C70H54N4. The van der Waals surface area contributed by atoms with E-state index in [9.17, 15) is 10.5 Å². The Balaban J connectivity index is 1.26. The van der Waals surface area contributed by atoms with Crippen LogP contribution in [0, 0.1) is 78.1 Å². The first-order chi connectivity index (χ1) is 35.8. The summed E-state index contributed by atoms with van der Waals surface area (Å²) in [5, 5.41) is 26.3. The van der Waals surface area contributed by atoms with E-state index in [0.717, 1.165) is 111 Å². The highest BCUT2D eigenvalue weighted by molar-refractivity contribution is 6.14. The van der Waals surface area contributed by atoms with Gasteiger partial charge in [-0.2, -0.15) is 10.5 Å². The Kier molecular flexibility index (Phi) is 11.0. The highest BCUT2D eigenvalue weighted by Crippen LogP contribution is 2.46. The Morgan fingerprint density at radius 3 is 0.851 bits per heavy atom. The van der Waals surface area contributed by atoms with E-state index in [4.69, 9.17) is 0 Å². The van der Waals surface area contributed by atoms with Gasteiger partial charge in [0.1, 0.15) is 0 Å². The van der Waals surface area contributed by atoms with Crippen LogP contribution in [-0.2, 0) is 0 Å². The molecule has 12 rings (SSSR count). The number of benzene rings is 10.